The van der Waals surface area contributed by atoms with Crippen LogP contribution < -0.4 is 0 Å². The molecule has 2 aromatic carbocycles. The lowest BCUT2D eigenvalue weighted by molar-refractivity contribution is 0.172. The molecule has 1 fully saturated rings. The van der Waals surface area contributed by atoms with Gasteiger partial charge in [0.15, 0.2) is 5.76 Å². The van der Waals surface area contributed by atoms with E-state index < -0.39 is 0 Å². The van der Waals surface area contributed by atoms with Crippen LogP contribution in [0.3, 0.4) is 0 Å². The van der Waals surface area contributed by atoms with Crippen molar-refractivity contribution in [3.05, 3.63) is 84.0 Å². The summed E-state index contributed by atoms with van der Waals surface area (Å²) in [6.07, 6.45) is 0.573. The molecule has 0 aliphatic carbocycles. The number of nitrogens with zero attached hydrogens (tertiary/aromatic N) is 3. The van der Waals surface area contributed by atoms with Gasteiger partial charge in [-0.25, -0.2) is 9.07 Å². The van der Waals surface area contributed by atoms with Gasteiger partial charge < -0.3 is 9.52 Å². The highest BCUT2D eigenvalue weighted by Crippen LogP contribution is 2.28. The third kappa shape index (κ3) is 4.17. The Morgan fingerprint density at radius 2 is 1.74 bits per heavy atom. The van der Waals surface area contributed by atoms with Crippen LogP contribution in [0, 0.1) is 12.7 Å². The van der Waals surface area contributed by atoms with E-state index in [-0.39, 0.29) is 11.9 Å². The molecule has 0 amide bonds. The summed E-state index contributed by atoms with van der Waals surface area (Å²) in [5.74, 6) is 1.40. The second-order valence-electron chi connectivity index (χ2n) is 8.08. The van der Waals surface area contributed by atoms with Crippen LogP contribution in [0.5, 0.6) is 0 Å². The van der Waals surface area contributed by atoms with Gasteiger partial charge in [-0.2, -0.15) is 5.10 Å². The van der Waals surface area contributed by atoms with Crippen molar-refractivity contribution >= 4 is 0 Å². The maximum Gasteiger partial charge on any atom is 0.152 e. The van der Waals surface area contributed by atoms with Crippen molar-refractivity contribution in [1.29, 1.82) is 0 Å². The number of furan rings is 1. The smallest absolute Gasteiger partial charge is 0.152 e. The molecule has 1 atom stereocenters. The molecule has 0 bridgehead atoms. The molecule has 1 aliphatic rings. The van der Waals surface area contributed by atoms with Gasteiger partial charge in [-0.05, 0) is 66.9 Å². The van der Waals surface area contributed by atoms with Crippen molar-refractivity contribution in [3.63, 3.8) is 0 Å². The minimum Gasteiger partial charge on any atom is -0.458 e. The van der Waals surface area contributed by atoms with E-state index in [2.05, 4.69) is 10.00 Å². The zero-order valence-electron chi connectivity index (χ0n) is 17.3. The number of aliphatic hydroxyl groups is 1. The van der Waals surface area contributed by atoms with E-state index in [0.717, 1.165) is 52.7 Å². The summed E-state index contributed by atoms with van der Waals surface area (Å²) < 4.78 is 21.2. The number of aromatic nitrogens is 2. The summed E-state index contributed by atoms with van der Waals surface area (Å²) >= 11 is 0. The monoisotopic (exact) mass is 417 g/mol. The molecule has 3 heterocycles. The highest BCUT2D eigenvalue weighted by Gasteiger charge is 2.21. The van der Waals surface area contributed by atoms with E-state index in [1.807, 2.05) is 54.1 Å². The van der Waals surface area contributed by atoms with Gasteiger partial charge in [0.05, 0.1) is 24.0 Å². The summed E-state index contributed by atoms with van der Waals surface area (Å²) in [5.41, 5.74) is 4.70. The average Bonchev–Trinajstić information content (AvgIpc) is 3.49. The van der Waals surface area contributed by atoms with E-state index in [9.17, 15) is 9.50 Å². The number of aliphatic hydroxyl groups excluding tert-OH is 1. The molecular formula is C25H24FN3O2. The SMILES string of the molecule is Cc1cc(-c2ccc(CN3CCC(O)C3)o2)n(-c2ccc(-c3ccc(F)cc3)cc2)n1. The van der Waals surface area contributed by atoms with Gasteiger partial charge in [-0.15, -0.1) is 0 Å². The molecule has 5 rings (SSSR count). The molecule has 1 aliphatic heterocycles. The Morgan fingerprint density at radius 1 is 1.03 bits per heavy atom. The molecule has 1 saturated heterocycles. The Morgan fingerprint density at radius 3 is 2.42 bits per heavy atom. The van der Waals surface area contributed by atoms with Gasteiger partial charge in [0.25, 0.3) is 0 Å². The first-order valence-corrected chi connectivity index (χ1v) is 10.5. The van der Waals surface area contributed by atoms with Crippen molar-refractivity contribution in [2.24, 2.45) is 0 Å². The predicted molar refractivity (Wildman–Crippen MR) is 117 cm³/mol. The minimum absolute atomic E-state index is 0.239. The topological polar surface area (TPSA) is 54.4 Å². The predicted octanol–water partition coefficient (Wildman–Crippen LogP) is 4.81. The van der Waals surface area contributed by atoms with Crippen LogP contribution in [0.25, 0.3) is 28.3 Å². The highest BCUT2D eigenvalue weighted by molar-refractivity contribution is 5.65. The lowest BCUT2D eigenvalue weighted by atomic mass is 10.1. The molecule has 1 unspecified atom stereocenters. The molecule has 0 radical (unpaired) electrons. The Balaban J connectivity index is 1.40. The van der Waals surface area contributed by atoms with Crippen LogP contribution in [0.15, 0.2) is 71.1 Å². The molecule has 1 N–H and O–H groups in total. The Hall–Kier alpha value is -3.22. The first-order chi connectivity index (χ1) is 15.0. The summed E-state index contributed by atoms with van der Waals surface area (Å²) in [6.45, 7) is 4.22. The second-order valence-corrected chi connectivity index (χ2v) is 8.08. The van der Waals surface area contributed by atoms with Crippen LogP contribution >= 0.6 is 0 Å². The van der Waals surface area contributed by atoms with Gasteiger partial charge in [0.1, 0.15) is 17.3 Å². The largest absolute Gasteiger partial charge is 0.458 e. The number of hydrogen-bond acceptors (Lipinski definition) is 4. The van der Waals surface area contributed by atoms with E-state index in [4.69, 9.17) is 4.42 Å². The number of hydrogen-bond donors (Lipinski definition) is 1. The lowest BCUT2D eigenvalue weighted by Crippen LogP contribution is -2.21. The van der Waals surface area contributed by atoms with E-state index in [1.54, 1.807) is 12.1 Å². The van der Waals surface area contributed by atoms with E-state index >= 15 is 0 Å². The first-order valence-electron chi connectivity index (χ1n) is 10.5. The highest BCUT2D eigenvalue weighted by atomic mass is 19.1. The van der Waals surface area contributed by atoms with Crippen molar-refractivity contribution in [1.82, 2.24) is 14.7 Å². The number of β-amino-alcohol motifs (C(OH)–C–C–N with tert-alkyl or cyclic N) is 1. The summed E-state index contributed by atoms with van der Waals surface area (Å²) in [6, 6.07) is 20.5. The van der Waals surface area contributed by atoms with Crippen LogP contribution in [0.4, 0.5) is 4.39 Å². The molecule has 31 heavy (non-hydrogen) atoms. The molecular weight excluding hydrogens is 393 g/mol. The fourth-order valence-electron chi connectivity index (χ4n) is 4.09. The molecule has 158 valence electrons. The number of aryl methyl sites for hydroxylation is 1. The molecule has 4 aromatic rings. The van der Waals surface area contributed by atoms with Gasteiger partial charge in [-0.1, -0.05) is 24.3 Å². The van der Waals surface area contributed by atoms with Crippen molar-refractivity contribution in [2.75, 3.05) is 13.1 Å². The number of likely N-dealkylation sites (tertiary alicyclic amines) is 1. The van der Waals surface area contributed by atoms with Gasteiger partial charge in [0, 0.05) is 13.1 Å². The fourth-order valence-corrected chi connectivity index (χ4v) is 4.09. The van der Waals surface area contributed by atoms with Crippen LogP contribution in [-0.4, -0.2) is 39.0 Å². The third-order valence-corrected chi connectivity index (χ3v) is 5.66. The molecule has 6 heteroatoms. The van der Waals surface area contributed by atoms with Gasteiger partial charge in [-0.3, -0.25) is 4.90 Å². The van der Waals surface area contributed by atoms with E-state index in [0.29, 0.717) is 13.1 Å². The Kier molecular flexibility index (Phi) is 5.18. The number of rotatable bonds is 5. The molecule has 2 aromatic heterocycles. The normalized spacial score (nSPS) is 16.8. The number of benzene rings is 2. The molecule has 0 spiro atoms. The third-order valence-electron chi connectivity index (χ3n) is 5.66. The minimum atomic E-state index is -0.240. The molecule has 5 nitrogen and oxygen atoms in total. The quantitative estimate of drug-likeness (QED) is 0.506. The van der Waals surface area contributed by atoms with Crippen molar-refractivity contribution in [2.45, 2.75) is 26.0 Å². The zero-order valence-corrected chi connectivity index (χ0v) is 17.3. The lowest BCUT2D eigenvalue weighted by Gasteiger charge is -2.12. The van der Waals surface area contributed by atoms with Crippen molar-refractivity contribution < 1.29 is 13.9 Å². The summed E-state index contributed by atoms with van der Waals surface area (Å²) in [5, 5.41) is 14.4. The van der Waals surface area contributed by atoms with Crippen LogP contribution in [-0.2, 0) is 6.54 Å². The average molecular weight is 417 g/mol. The molecule has 0 saturated carbocycles. The standard InChI is InChI=1S/C25H24FN3O2/c1-17-14-24(25-11-10-23(31-25)16-28-13-12-22(30)15-28)29(27-17)21-8-4-19(5-9-21)18-2-6-20(26)7-3-18/h2-11,14,22,30H,12-13,15-16H2,1H3. The number of halogens is 1. The second kappa shape index (κ2) is 8.13. The summed E-state index contributed by atoms with van der Waals surface area (Å²) in [7, 11) is 0. The van der Waals surface area contributed by atoms with Crippen LogP contribution in [0.1, 0.15) is 17.9 Å². The van der Waals surface area contributed by atoms with Crippen LogP contribution in [0.2, 0.25) is 0 Å². The Bertz CT molecular complexity index is 1180. The van der Waals surface area contributed by atoms with Crippen molar-refractivity contribution in [3.8, 4) is 28.3 Å². The van der Waals surface area contributed by atoms with Gasteiger partial charge in [0.2, 0.25) is 0 Å². The maximum absolute atomic E-state index is 13.2. The fraction of sp³-hybridized carbons (Fsp3) is 0.240. The maximum atomic E-state index is 13.2. The van der Waals surface area contributed by atoms with Gasteiger partial charge >= 0.3 is 0 Å². The summed E-state index contributed by atoms with van der Waals surface area (Å²) in [4.78, 5) is 2.20. The zero-order chi connectivity index (χ0) is 21.4. The van der Waals surface area contributed by atoms with E-state index in [1.165, 1.54) is 12.1 Å². The first kappa shape index (κ1) is 19.7. The Labute approximate surface area is 180 Å².